The number of halogens is 4. The topological polar surface area (TPSA) is 125 Å². The van der Waals surface area contributed by atoms with Gasteiger partial charge in [0.15, 0.2) is 16.5 Å². The molecule has 2 aromatic rings. The molecule has 33 heavy (non-hydrogen) atoms. The van der Waals surface area contributed by atoms with Gasteiger partial charge in [0.05, 0.1) is 18.1 Å². The highest BCUT2D eigenvalue weighted by Crippen LogP contribution is 2.35. The second kappa shape index (κ2) is 10.7. The fourth-order valence-corrected chi connectivity index (χ4v) is 4.39. The van der Waals surface area contributed by atoms with E-state index in [0.29, 0.717) is 12.1 Å². The number of hydrogen-bond donors (Lipinski definition) is 1. The van der Waals surface area contributed by atoms with Gasteiger partial charge in [0.1, 0.15) is 12.1 Å². The van der Waals surface area contributed by atoms with Crippen molar-refractivity contribution in [1.29, 1.82) is 0 Å². The van der Waals surface area contributed by atoms with Gasteiger partial charge < -0.3 is 9.47 Å². The third-order valence-corrected chi connectivity index (χ3v) is 5.88. The fraction of sp³-hybridized carbons (Fsp3) is 0.316. The van der Waals surface area contributed by atoms with E-state index >= 15 is 0 Å². The van der Waals surface area contributed by atoms with E-state index < -0.39 is 73.9 Å². The lowest BCUT2D eigenvalue weighted by Crippen LogP contribution is -2.55. The van der Waals surface area contributed by atoms with Gasteiger partial charge in [-0.1, -0.05) is 24.3 Å². The number of nitrogens with one attached hydrogen (secondary N) is 1. The van der Waals surface area contributed by atoms with Crippen molar-refractivity contribution >= 4 is 21.7 Å². The van der Waals surface area contributed by atoms with Crippen LogP contribution in [0.4, 0.5) is 23.2 Å². The fourth-order valence-electron chi connectivity index (χ4n) is 2.86. The van der Waals surface area contributed by atoms with Crippen LogP contribution in [0.2, 0.25) is 0 Å². The third-order valence-electron chi connectivity index (χ3n) is 4.33. The van der Waals surface area contributed by atoms with E-state index in [4.69, 9.17) is 4.74 Å². The molecule has 180 valence electrons. The van der Waals surface area contributed by atoms with Gasteiger partial charge >= 0.3 is 5.97 Å². The minimum absolute atomic E-state index is 0.0645. The number of carbonyl (C=O) groups is 1. The molecule has 0 aliphatic rings. The average Bonchev–Trinajstić information content (AvgIpc) is 2.75. The molecule has 0 spiro atoms. The van der Waals surface area contributed by atoms with E-state index in [9.17, 15) is 40.9 Å². The van der Waals surface area contributed by atoms with E-state index in [1.54, 1.807) is 4.72 Å². The van der Waals surface area contributed by atoms with Gasteiger partial charge in [-0.2, -0.15) is 4.72 Å². The van der Waals surface area contributed by atoms with Gasteiger partial charge in [0.2, 0.25) is 10.0 Å². The Balaban J connectivity index is 2.62. The maximum Gasteiger partial charge on any atom is 0.332 e. The highest BCUT2D eigenvalue weighted by Gasteiger charge is 2.49. The molecule has 0 heterocycles. The molecule has 0 radical (unpaired) electrons. The van der Waals surface area contributed by atoms with Crippen molar-refractivity contribution in [1.82, 2.24) is 4.72 Å². The third kappa shape index (κ3) is 5.83. The summed E-state index contributed by atoms with van der Waals surface area (Å²) in [5, 5.41) is 11.2. The predicted molar refractivity (Wildman–Crippen MR) is 105 cm³/mol. The Kier molecular flexibility index (Phi) is 8.46. The molecule has 0 fully saturated rings. The molecular weight excluding hydrogens is 476 g/mol. The number of nitro benzene ring substituents is 1. The molecule has 9 nitrogen and oxygen atoms in total. The van der Waals surface area contributed by atoms with Gasteiger partial charge in [-0.05, 0) is 19.1 Å². The van der Waals surface area contributed by atoms with Crippen LogP contribution in [0.1, 0.15) is 12.5 Å². The molecule has 0 aliphatic carbocycles. The maximum atomic E-state index is 14.6. The summed E-state index contributed by atoms with van der Waals surface area (Å²) in [5.41, 5.74) is -5.34. The van der Waals surface area contributed by atoms with Gasteiger partial charge in [0.25, 0.3) is 12.1 Å². The Morgan fingerprint density at radius 3 is 2.45 bits per heavy atom. The Morgan fingerprint density at radius 2 is 1.85 bits per heavy atom. The number of nitro groups is 1. The highest BCUT2D eigenvalue weighted by atomic mass is 32.2. The molecule has 0 saturated carbocycles. The lowest BCUT2D eigenvalue weighted by molar-refractivity contribution is -0.387. The van der Waals surface area contributed by atoms with Gasteiger partial charge in [-0.3, -0.25) is 10.1 Å². The van der Waals surface area contributed by atoms with Crippen molar-refractivity contribution in [3.8, 4) is 0 Å². The summed E-state index contributed by atoms with van der Waals surface area (Å²) in [6.07, 6.45) is -3.76. The summed E-state index contributed by atoms with van der Waals surface area (Å²) in [7, 11) is -5.13. The number of nitrogens with zero attached hydrogens (tertiary/aromatic N) is 1. The smallest absolute Gasteiger partial charge is 0.332 e. The zero-order valence-electron chi connectivity index (χ0n) is 17.0. The summed E-state index contributed by atoms with van der Waals surface area (Å²) < 4.78 is 94.0. The van der Waals surface area contributed by atoms with Crippen molar-refractivity contribution in [3.05, 3.63) is 69.8 Å². The number of sulfonamides is 1. The van der Waals surface area contributed by atoms with E-state index in [2.05, 4.69) is 4.74 Å². The number of carbonyl (C=O) groups excluding carboxylic acids is 1. The highest BCUT2D eigenvalue weighted by molar-refractivity contribution is 7.89. The molecule has 1 atom stereocenters. The van der Waals surface area contributed by atoms with Crippen LogP contribution in [0.5, 0.6) is 0 Å². The van der Waals surface area contributed by atoms with Crippen molar-refractivity contribution in [3.63, 3.8) is 0 Å². The van der Waals surface area contributed by atoms with Crippen molar-refractivity contribution in [2.75, 3.05) is 19.8 Å². The number of rotatable bonds is 11. The van der Waals surface area contributed by atoms with Crippen LogP contribution in [0.3, 0.4) is 0 Å². The summed E-state index contributed by atoms with van der Waals surface area (Å²) >= 11 is 0. The molecule has 1 N–H and O–H groups in total. The second-order valence-electron chi connectivity index (χ2n) is 6.50. The van der Waals surface area contributed by atoms with E-state index in [-0.39, 0.29) is 6.61 Å². The molecule has 2 aromatic carbocycles. The van der Waals surface area contributed by atoms with Crippen LogP contribution in [0.25, 0.3) is 0 Å². The van der Waals surface area contributed by atoms with Crippen LogP contribution < -0.4 is 4.72 Å². The molecule has 2 rings (SSSR count). The lowest BCUT2D eigenvalue weighted by atomic mass is 9.91. The number of benzene rings is 2. The van der Waals surface area contributed by atoms with Crippen molar-refractivity contribution < 1.29 is 45.2 Å². The standard InChI is InChI=1S/C19H18F4N2O7S/c1-2-32-16(26)10-31-11-19(18(22)23,12-6-5-7-13(20)17(12)21)24-33(29,30)15-9-4-3-8-14(15)25(27)28/h3-9,18,24H,2,10-11H2,1H3. The minimum atomic E-state index is -5.13. The maximum absolute atomic E-state index is 14.6. The molecule has 0 aromatic heterocycles. The number of hydrogen-bond acceptors (Lipinski definition) is 7. The molecular formula is C19H18F4N2O7S. The van der Waals surface area contributed by atoms with Gasteiger partial charge in [-0.15, -0.1) is 0 Å². The Bertz CT molecular complexity index is 1130. The second-order valence-corrected chi connectivity index (χ2v) is 8.15. The first kappa shape index (κ1) is 26.2. The molecule has 0 aliphatic heterocycles. The zero-order chi connectivity index (χ0) is 24.8. The Hall–Kier alpha value is -3.10. The van der Waals surface area contributed by atoms with Crippen LogP contribution in [-0.2, 0) is 29.8 Å². The van der Waals surface area contributed by atoms with Crippen molar-refractivity contribution in [2.45, 2.75) is 23.8 Å². The SMILES string of the molecule is CCOC(=O)COCC(NS(=O)(=O)c1ccccc1[N+](=O)[O-])(c1cccc(F)c1F)C(F)F. The number of ether oxygens (including phenoxy) is 2. The van der Waals surface area contributed by atoms with Gasteiger partial charge in [0, 0.05) is 11.6 Å². The van der Waals surface area contributed by atoms with Crippen LogP contribution in [0, 0.1) is 21.7 Å². The summed E-state index contributed by atoms with van der Waals surface area (Å²) in [6.45, 7) is -0.856. The largest absolute Gasteiger partial charge is 0.464 e. The molecule has 0 amide bonds. The van der Waals surface area contributed by atoms with E-state index in [0.717, 1.165) is 30.3 Å². The normalized spacial score (nSPS) is 13.5. The van der Waals surface area contributed by atoms with Crippen LogP contribution in [0.15, 0.2) is 47.4 Å². The summed E-state index contributed by atoms with van der Waals surface area (Å²) in [6, 6.07) is 6.01. The predicted octanol–water partition coefficient (Wildman–Crippen LogP) is 2.89. The lowest BCUT2D eigenvalue weighted by Gasteiger charge is -2.34. The number of alkyl halides is 2. The first-order chi connectivity index (χ1) is 15.5. The van der Waals surface area contributed by atoms with Crippen LogP contribution in [-0.4, -0.2) is 45.6 Å². The molecule has 14 heteroatoms. The number of esters is 1. The monoisotopic (exact) mass is 494 g/mol. The van der Waals surface area contributed by atoms with E-state index in [1.807, 2.05) is 0 Å². The Labute approximate surface area is 185 Å². The van der Waals surface area contributed by atoms with E-state index in [1.165, 1.54) is 6.92 Å². The summed E-state index contributed by atoms with van der Waals surface area (Å²) in [5.74, 6) is -4.35. The average molecular weight is 494 g/mol. The Morgan fingerprint density at radius 1 is 1.18 bits per heavy atom. The molecule has 1 unspecified atom stereocenters. The van der Waals surface area contributed by atoms with Crippen LogP contribution >= 0.6 is 0 Å². The van der Waals surface area contributed by atoms with Crippen molar-refractivity contribution in [2.24, 2.45) is 0 Å². The number of para-hydroxylation sites is 1. The van der Waals surface area contributed by atoms with Gasteiger partial charge in [-0.25, -0.2) is 30.8 Å². The first-order valence-corrected chi connectivity index (χ1v) is 10.7. The quantitative estimate of drug-likeness (QED) is 0.220. The molecule has 0 bridgehead atoms. The first-order valence-electron chi connectivity index (χ1n) is 9.19. The molecule has 0 saturated heterocycles. The summed E-state index contributed by atoms with van der Waals surface area (Å²) in [4.78, 5) is 20.7. The zero-order valence-corrected chi connectivity index (χ0v) is 17.8. The minimum Gasteiger partial charge on any atom is -0.464 e.